The van der Waals surface area contributed by atoms with Crippen LogP contribution in [-0.2, 0) is 18.9 Å². The number of hydrogen-bond donors (Lipinski definition) is 7. The molecular weight excluding hydrogens is 464 g/mol. The zero-order valence-electron chi connectivity index (χ0n) is 20.7. The highest BCUT2D eigenvalue weighted by atomic mass is 16.8. The molecule has 208 valence electrons. The molecule has 2 saturated heterocycles. The lowest BCUT2D eigenvalue weighted by Crippen LogP contribution is -2.63. The van der Waals surface area contributed by atoms with E-state index in [1.807, 2.05) is 0 Å². The molecule has 0 aromatic heterocycles. The van der Waals surface area contributed by atoms with Crippen LogP contribution >= 0.6 is 0 Å². The third-order valence-corrected chi connectivity index (χ3v) is 6.71. The first-order valence-electron chi connectivity index (χ1n) is 13.0. The summed E-state index contributed by atoms with van der Waals surface area (Å²) in [6, 6.07) is 0. The van der Waals surface area contributed by atoms with Crippen LogP contribution in [0, 0.1) is 0 Å². The Labute approximate surface area is 207 Å². The monoisotopic (exact) mass is 510 g/mol. The van der Waals surface area contributed by atoms with Gasteiger partial charge in [-0.05, 0) is 6.42 Å². The van der Waals surface area contributed by atoms with Crippen molar-refractivity contribution in [1.82, 2.24) is 0 Å². The molecule has 0 aliphatic carbocycles. The van der Waals surface area contributed by atoms with E-state index < -0.39 is 68.0 Å². The Morgan fingerprint density at radius 3 is 1.54 bits per heavy atom. The molecule has 2 fully saturated rings. The van der Waals surface area contributed by atoms with Gasteiger partial charge in [-0.2, -0.15) is 0 Å². The minimum atomic E-state index is -1.70. The number of unbranched alkanes of at least 4 members (excludes halogenated alkanes) is 9. The maximum Gasteiger partial charge on any atom is 0.189 e. The predicted octanol–water partition coefficient (Wildman–Crippen LogP) is -0.452. The van der Waals surface area contributed by atoms with Crippen molar-refractivity contribution >= 4 is 0 Å². The van der Waals surface area contributed by atoms with E-state index in [1.54, 1.807) is 0 Å². The number of aliphatic hydroxyl groups is 7. The highest BCUT2D eigenvalue weighted by molar-refractivity contribution is 4.92. The first-order chi connectivity index (χ1) is 16.8. The molecule has 0 bridgehead atoms. The fraction of sp³-hybridized carbons (Fsp3) is 1.00. The summed E-state index contributed by atoms with van der Waals surface area (Å²) < 4.78 is 21.8. The summed E-state index contributed by atoms with van der Waals surface area (Å²) in [6.45, 7) is 1.98. The van der Waals surface area contributed by atoms with Crippen LogP contribution in [0.3, 0.4) is 0 Å². The maximum atomic E-state index is 10.3. The summed E-state index contributed by atoms with van der Waals surface area (Å²) in [5.41, 5.74) is 0. The molecule has 2 heterocycles. The molecule has 2 aliphatic heterocycles. The minimum Gasteiger partial charge on any atom is -0.394 e. The molecule has 0 aromatic rings. The second kappa shape index (κ2) is 16.4. The Morgan fingerprint density at radius 2 is 1.03 bits per heavy atom. The van der Waals surface area contributed by atoms with Crippen molar-refractivity contribution in [2.75, 3.05) is 19.8 Å². The van der Waals surface area contributed by atoms with Crippen molar-refractivity contribution in [3.8, 4) is 0 Å². The number of aliphatic hydroxyl groups excluding tert-OH is 7. The van der Waals surface area contributed by atoms with Gasteiger partial charge in [-0.15, -0.1) is 0 Å². The summed E-state index contributed by atoms with van der Waals surface area (Å²) in [4.78, 5) is 0. The fourth-order valence-corrected chi connectivity index (χ4v) is 4.37. The minimum absolute atomic E-state index is 0.0447. The van der Waals surface area contributed by atoms with Gasteiger partial charge in [0.1, 0.15) is 48.8 Å². The molecule has 0 saturated carbocycles. The van der Waals surface area contributed by atoms with E-state index in [1.165, 1.54) is 44.9 Å². The first kappa shape index (κ1) is 30.8. The molecule has 2 aliphatic rings. The van der Waals surface area contributed by atoms with Crippen molar-refractivity contribution in [2.45, 2.75) is 133 Å². The van der Waals surface area contributed by atoms with Crippen molar-refractivity contribution in [2.24, 2.45) is 0 Å². The summed E-state index contributed by atoms with van der Waals surface area (Å²) in [6.07, 6.45) is -2.93. The van der Waals surface area contributed by atoms with Gasteiger partial charge in [-0.1, -0.05) is 64.7 Å². The van der Waals surface area contributed by atoms with Gasteiger partial charge in [-0.3, -0.25) is 0 Å². The maximum absolute atomic E-state index is 10.3. The molecule has 0 radical (unpaired) electrons. The highest BCUT2D eigenvalue weighted by Crippen LogP contribution is 2.28. The first-order valence-corrected chi connectivity index (χ1v) is 13.0. The second-order valence-electron chi connectivity index (χ2n) is 9.60. The Bertz CT molecular complexity index is 552. The van der Waals surface area contributed by atoms with Crippen molar-refractivity contribution in [3.63, 3.8) is 0 Å². The Hall–Kier alpha value is -0.440. The zero-order chi connectivity index (χ0) is 25.8. The van der Waals surface area contributed by atoms with Gasteiger partial charge in [0.05, 0.1) is 13.2 Å². The Balaban J connectivity index is 1.70. The van der Waals surface area contributed by atoms with Crippen LogP contribution in [0.5, 0.6) is 0 Å². The fourth-order valence-electron chi connectivity index (χ4n) is 4.37. The lowest BCUT2D eigenvalue weighted by molar-refractivity contribution is -0.377. The Morgan fingerprint density at radius 1 is 0.571 bits per heavy atom. The Kier molecular flexibility index (Phi) is 14.4. The van der Waals surface area contributed by atoms with Gasteiger partial charge in [0.2, 0.25) is 0 Å². The van der Waals surface area contributed by atoms with Gasteiger partial charge in [0.15, 0.2) is 12.6 Å². The van der Waals surface area contributed by atoms with Gasteiger partial charge < -0.3 is 54.7 Å². The largest absolute Gasteiger partial charge is 0.394 e. The lowest BCUT2D eigenvalue weighted by atomic mass is 9.98. The van der Waals surface area contributed by atoms with E-state index in [0.29, 0.717) is 6.61 Å². The van der Waals surface area contributed by atoms with E-state index in [9.17, 15) is 35.7 Å². The lowest BCUT2D eigenvalue weighted by Gasteiger charge is -2.44. The standard InChI is InChI=1S/C24H46O11/c1-2-3-4-5-6-7-8-9-10-11-12-32-14-16-18(27)20(29)22(31)24(34-16)35-23-21(30)19(28)17(26)15(13-25)33-23/h15-31H,2-14H2,1H3/t15?,16?,17-,18-,19+,20+,21?,22?,23-,24-/m1/s1. The molecule has 35 heavy (non-hydrogen) atoms. The van der Waals surface area contributed by atoms with Gasteiger partial charge in [0, 0.05) is 6.61 Å². The van der Waals surface area contributed by atoms with Gasteiger partial charge in [0.25, 0.3) is 0 Å². The molecule has 10 atom stereocenters. The normalized spacial score (nSPS) is 38.1. The number of hydrogen-bond acceptors (Lipinski definition) is 11. The van der Waals surface area contributed by atoms with Crippen LogP contribution in [0.1, 0.15) is 71.1 Å². The van der Waals surface area contributed by atoms with E-state index in [2.05, 4.69) is 6.92 Å². The van der Waals surface area contributed by atoms with Crippen LogP contribution in [0.4, 0.5) is 0 Å². The predicted molar refractivity (Wildman–Crippen MR) is 124 cm³/mol. The molecule has 11 nitrogen and oxygen atoms in total. The van der Waals surface area contributed by atoms with Crippen LogP contribution in [0.2, 0.25) is 0 Å². The van der Waals surface area contributed by atoms with Crippen LogP contribution in [0.25, 0.3) is 0 Å². The quantitative estimate of drug-likeness (QED) is 0.134. The highest BCUT2D eigenvalue weighted by Gasteiger charge is 2.49. The molecule has 11 heteroatoms. The average Bonchev–Trinajstić information content (AvgIpc) is 2.85. The van der Waals surface area contributed by atoms with Crippen molar-refractivity contribution in [1.29, 1.82) is 0 Å². The molecule has 0 spiro atoms. The number of rotatable bonds is 16. The third-order valence-electron chi connectivity index (χ3n) is 6.71. The van der Waals surface area contributed by atoms with E-state index in [4.69, 9.17) is 18.9 Å². The summed E-state index contributed by atoms with van der Waals surface area (Å²) >= 11 is 0. The van der Waals surface area contributed by atoms with Crippen LogP contribution in [-0.4, -0.2) is 117 Å². The summed E-state index contributed by atoms with van der Waals surface area (Å²) in [5.74, 6) is 0. The smallest absolute Gasteiger partial charge is 0.189 e. The molecule has 7 N–H and O–H groups in total. The van der Waals surface area contributed by atoms with Crippen molar-refractivity contribution in [3.05, 3.63) is 0 Å². The SMILES string of the molecule is CCCCCCCCCCCCOCC1O[C@H](O[C@H]2OC(CO)[C@@H](O)[C@H](O)C2O)C(O)[C@@H](O)[C@@H]1O. The van der Waals surface area contributed by atoms with Gasteiger partial charge >= 0.3 is 0 Å². The molecule has 4 unspecified atom stereocenters. The van der Waals surface area contributed by atoms with E-state index in [-0.39, 0.29) is 6.61 Å². The summed E-state index contributed by atoms with van der Waals surface area (Å²) in [7, 11) is 0. The second-order valence-corrected chi connectivity index (χ2v) is 9.60. The topological polar surface area (TPSA) is 179 Å². The molecule has 2 rings (SSSR count). The summed E-state index contributed by atoms with van der Waals surface area (Å²) in [5, 5.41) is 69.9. The van der Waals surface area contributed by atoms with Crippen molar-refractivity contribution < 1.29 is 54.7 Å². The van der Waals surface area contributed by atoms with E-state index in [0.717, 1.165) is 19.3 Å². The zero-order valence-corrected chi connectivity index (χ0v) is 20.7. The average molecular weight is 511 g/mol. The van der Waals surface area contributed by atoms with Crippen LogP contribution in [0.15, 0.2) is 0 Å². The molecule has 0 aromatic carbocycles. The molecular formula is C24H46O11. The van der Waals surface area contributed by atoms with E-state index >= 15 is 0 Å². The van der Waals surface area contributed by atoms with Gasteiger partial charge in [-0.25, -0.2) is 0 Å². The third kappa shape index (κ3) is 9.42. The number of ether oxygens (including phenoxy) is 4. The van der Waals surface area contributed by atoms with Crippen LogP contribution < -0.4 is 0 Å². The molecule has 0 amide bonds.